The van der Waals surface area contributed by atoms with E-state index in [1.54, 1.807) is 0 Å². The standard InChI is InChI=1S/2C21H23.C2H7Si.2ClH.Zr/c2*1-5-16-12-17-10-11-18(14(2)3)21(20(17)13-16)19-9-7-6-8-15(19)4;1-3-2;;;/h2*6-14H,5H2,1-4H3;3H,1-2H3;2*1H;/q;;;;;+2/p-2. The van der Waals surface area contributed by atoms with Crippen LogP contribution in [0.4, 0.5) is 0 Å². The molecule has 0 spiro atoms. The molecule has 0 nitrogen and oxygen atoms in total. The molecule has 0 radical (unpaired) electrons. The van der Waals surface area contributed by atoms with E-state index < -0.39 is 21.5 Å². The van der Waals surface area contributed by atoms with E-state index in [1.807, 2.05) is 0 Å². The van der Waals surface area contributed by atoms with Crippen LogP contribution in [-0.4, -0.2) is 5.92 Å². The van der Waals surface area contributed by atoms with Crippen LogP contribution < -0.4 is 0 Å². The van der Waals surface area contributed by atoms with Crippen LogP contribution in [0.15, 0.2) is 83.9 Å². The summed E-state index contributed by atoms with van der Waals surface area (Å²) in [5, 5.41) is 0. The zero-order valence-corrected chi connectivity index (χ0v) is 35.8. The van der Waals surface area contributed by atoms with Gasteiger partial charge in [0.2, 0.25) is 0 Å². The first-order valence-corrected chi connectivity index (χ1v) is 34.5. The van der Waals surface area contributed by atoms with Crippen molar-refractivity contribution in [2.45, 2.75) is 100 Å². The van der Waals surface area contributed by atoms with Crippen LogP contribution in [0.25, 0.3) is 34.4 Å². The van der Waals surface area contributed by atoms with E-state index in [4.69, 9.17) is 17.0 Å². The summed E-state index contributed by atoms with van der Waals surface area (Å²) in [5.41, 5.74) is 19.2. The molecule has 0 heterocycles. The summed E-state index contributed by atoms with van der Waals surface area (Å²) < 4.78 is 0.200. The van der Waals surface area contributed by atoms with Gasteiger partial charge in [-0.3, -0.25) is 0 Å². The van der Waals surface area contributed by atoms with Crippen molar-refractivity contribution >= 4 is 35.1 Å². The summed E-state index contributed by atoms with van der Waals surface area (Å²) in [5.74, 6) is -0.838. The molecule has 0 fully saturated rings. The Balaban J connectivity index is 1.66. The van der Waals surface area contributed by atoms with Gasteiger partial charge in [0.15, 0.2) is 0 Å². The van der Waals surface area contributed by atoms with E-state index in [-0.39, 0.29) is 7.25 Å². The molecule has 2 aliphatic rings. The zero-order chi connectivity index (χ0) is 34.7. The van der Waals surface area contributed by atoms with Crippen LogP contribution in [0.5, 0.6) is 0 Å². The molecule has 6 rings (SSSR count). The molecule has 48 heavy (non-hydrogen) atoms. The normalized spacial score (nSPS) is 18.2. The number of rotatable bonds is 9. The van der Waals surface area contributed by atoms with Gasteiger partial charge in [0.05, 0.1) is 0 Å². The maximum atomic E-state index is 8.76. The average molecular weight is 772 g/mol. The molecule has 2 unspecified atom stereocenters. The molecule has 0 aromatic heterocycles. The minimum absolute atomic E-state index is 0.100. The Morgan fingerprint density at radius 2 is 0.979 bits per heavy atom. The number of aryl methyl sites for hydroxylation is 2. The van der Waals surface area contributed by atoms with E-state index in [2.05, 4.69) is 153 Å². The van der Waals surface area contributed by atoms with Crippen LogP contribution in [0.3, 0.4) is 0 Å². The van der Waals surface area contributed by atoms with Gasteiger partial charge in [-0.25, -0.2) is 0 Å². The Morgan fingerprint density at radius 3 is 1.29 bits per heavy atom. The van der Waals surface area contributed by atoms with Crippen LogP contribution >= 0.6 is 17.0 Å². The quantitative estimate of drug-likeness (QED) is 0.149. The van der Waals surface area contributed by atoms with Gasteiger partial charge in [-0.1, -0.05) is 0 Å². The number of halogens is 2. The van der Waals surface area contributed by atoms with E-state index in [9.17, 15) is 0 Å². The van der Waals surface area contributed by atoms with Crippen molar-refractivity contribution in [3.63, 3.8) is 0 Å². The Morgan fingerprint density at radius 1 is 0.604 bits per heavy atom. The van der Waals surface area contributed by atoms with Crippen molar-refractivity contribution in [2.24, 2.45) is 0 Å². The SMILES string of the molecule is CCC1=Cc2c(ccc(C(C)C)c2-c2ccccc2C)[CH]1[Zr]([Cl])([Cl])([CH]1C(CC)=Cc2c1ccc(C(C)C)c2-c1ccccc1C)[SiH](C)C. The summed E-state index contributed by atoms with van der Waals surface area (Å²) in [6.45, 7) is 23.3. The summed E-state index contributed by atoms with van der Waals surface area (Å²) in [6.07, 6.45) is 6.96. The van der Waals surface area contributed by atoms with Gasteiger partial charge in [-0.15, -0.1) is 0 Å². The van der Waals surface area contributed by atoms with Crippen molar-refractivity contribution in [1.29, 1.82) is 0 Å². The third kappa shape index (κ3) is 5.48. The Hall–Kier alpha value is -1.96. The van der Waals surface area contributed by atoms with Crippen LogP contribution in [-0.2, 0) is 15.6 Å². The third-order valence-corrected chi connectivity index (χ3v) is 63.6. The molecule has 4 aromatic rings. The fourth-order valence-corrected chi connectivity index (χ4v) is 40.9. The second-order valence-electron chi connectivity index (χ2n) is 15.4. The number of allylic oxidation sites excluding steroid dienone is 2. The first-order chi connectivity index (χ1) is 22.8. The van der Waals surface area contributed by atoms with Crippen molar-refractivity contribution in [3.8, 4) is 22.3 Å². The number of benzene rings is 4. The van der Waals surface area contributed by atoms with Crippen molar-refractivity contribution < 1.29 is 15.6 Å². The van der Waals surface area contributed by atoms with Gasteiger partial charge in [-0.05, 0) is 0 Å². The molecule has 2 atom stereocenters. The fourth-order valence-electron chi connectivity index (χ4n) is 9.07. The summed E-state index contributed by atoms with van der Waals surface area (Å²) in [4.78, 5) is 0. The van der Waals surface area contributed by atoms with Crippen LogP contribution in [0.1, 0.15) is 118 Å². The Kier molecular flexibility index (Phi) is 9.93. The molecule has 251 valence electrons. The maximum absolute atomic E-state index is 8.76. The topological polar surface area (TPSA) is 0 Å². The van der Waals surface area contributed by atoms with E-state index >= 15 is 0 Å². The molecule has 0 bridgehead atoms. The molecule has 2 aliphatic carbocycles. The molecule has 4 heteroatoms. The predicted octanol–water partition coefficient (Wildman–Crippen LogP) is 14.3. The molecular formula is C44H53Cl2SiZr. The van der Waals surface area contributed by atoms with Crippen molar-refractivity contribution in [1.82, 2.24) is 0 Å². The third-order valence-electron chi connectivity index (χ3n) is 11.7. The van der Waals surface area contributed by atoms with Crippen molar-refractivity contribution in [3.05, 3.63) is 128 Å². The molecule has 4 aromatic carbocycles. The first-order valence-electron chi connectivity index (χ1n) is 18.2. The zero-order valence-electron chi connectivity index (χ0n) is 30.6. The second kappa shape index (κ2) is 13.3. The van der Waals surface area contributed by atoms with Gasteiger partial charge >= 0.3 is 302 Å². The van der Waals surface area contributed by atoms with Gasteiger partial charge in [0, 0.05) is 0 Å². The molecule has 0 N–H and O–H groups in total. The monoisotopic (exact) mass is 769 g/mol. The Labute approximate surface area is 299 Å². The summed E-state index contributed by atoms with van der Waals surface area (Å²) in [7, 11) is 17.5. The fraction of sp³-hybridized carbons (Fsp3) is 0.364. The van der Waals surface area contributed by atoms with Crippen LogP contribution in [0.2, 0.25) is 13.1 Å². The van der Waals surface area contributed by atoms with Gasteiger partial charge in [0.25, 0.3) is 0 Å². The molecule has 0 amide bonds. The van der Waals surface area contributed by atoms with Gasteiger partial charge in [-0.2, -0.15) is 0 Å². The number of fused-ring (bicyclic) bond motifs is 2. The van der Waals surface area contributed by atoms with E-state index in [0.29, 0.717) is 11.8 Å². The molecular weight excluding hydrogens is 719 g/mol. The molecule has 0 aliphatic heterocycles. The second-order valence-corrected chi connectivity index (χ2v) is 57.9. The van der Waals surface area contributed by atoms with E-state index in [1.165, 1.54) is 77.9 Å². The van der Waals surface area contributed by atoms with E-state index in [0.717, 1.165) is 12.8 Å². The summed E-state index contributed by atoms with van der Waals surface area (Å²) >= 11 is -4.87. The Bertz CT molecular complexity index is 1830. The summed E-state index contributed by atoms with van der Waals surface area (Å²) in [6, 6.07) is 27.4. The number of hydrogen-bond acceptors (Lipinski definition) is 0. The average Bonchev–Trinajstić information content (AvgIpc) is 3.64. The van der Waals surface area contributed by atoms with Gasteiger partial charge < -0.3 is 0 Å². The first kappa shape index (κ1) is 35.9. The molecule has 0 saturated heterocycles. The predicted molar refractivity (Wildman–Crippen MR) is 214 cm³/mol. The van der Waals surface area contributed by atoms with Crippen LogP contribution in [0, 0.1) is 13.8 Å². The number of hydrogen-bond donors (Lipinski definition) is 0. The van der Waals surface area contributed by atoms with Crippen molar-refractivity contribution in [2.75, 3.05) is 0 Å². The van der Waals surface area contributed by atoms with Gasteiger partial charge in [0.1, 0.15) is 0 Å². The minimum atomic E-state index is -4.87. The molecule has 0 saturated carbocycles.